The molecular formula is C24H26N2O3. The maximum atomic E-state index is 10.6. The summed E-state index contributed by atoms with van der Waals surface area (Å²) in [7, 11) is 0. The summed E-state index contributed by atoms with van der Waals surface area (Å²) in [5, 5.41) is 11.6. The van der Waals surface area contributed by atoms with Crippen LogP contribution in [0.4, 0.5) is 0 Å². The third-order valence-electron chi connectivity index (χ3n) is 6.01. The van der Waals surface area contributed by atoms with Crippen molar-refractivity contribution in [3.63, 3.8) is 0 Å². The Morgan fingerprint density at radius 3 is 2.59 bits per heavy atom. The van der Waals surface area contributed by atoms with Crippen molar-refractivity contribution in [3.05, 3.63) is 54.7 Å². The molecule has 0 unspecified atom stereocenters. The largest absolute Gasteiger partial charge is 0.505 e. The third-order valence-corrected chi connectivity index (χ3v) is 6.01. The molecule has 29 heavy (non-hydrogen) atoms. The van der Waals surface area contributed by atoms with Crippen molar-refractivity contribution < 1.29 is 14.6 Å². The van der Waals surface area contributed by atoms with Crippen molar-refractivity contribution >= 4 is 10.9 Å². The van der Waals surface area contributed by atoms with Crippen molar-refractivity contribution in [2.45, 2.75) is 38.0 Å². The predicted octanol–water partition coefficient (Wildman–Crippen LogP) is 4.59. The number of benzene rings is 2. The van der Waals surface area contributed by atoms with E-state index < -0.39 is 0 Å². The summed E-state index contributed by atoms with van der Waals surface area (Å²) in [5.41, 5.74) is 2.37. The monoisotopic (exact) mass is 390 g/mol. The van der Waals surface area contributed by atoms with Gasteiger partial charge in [-0.3, -0.25) is 9.88 Å². The maximum absolute atomic E-state index is 10.6. The first-order chi connectivity index (χ1) is 14.3. The molecule has 2 aromatic carbocycles. The van der Waals surface area contributed by atoms with Crippen LogP contribution in [0.5, 0.6) is 11.5 Å². The molecule has 0 aliphatic carbocycles. The van der Waals surface area contributed by atoms with E-state index in [4.69, 9.17) is 9.47 Å². The number of piperidine rings is 1. The molecule has 5 rings (SSSR count). The normalized spacial score (nSPS) is 20.9. The Morgan fingerprint density at radius 2 is 1.83 bits per heavy atom. The second-order valence-corrected chi connectivity index (χ2v) is 7.88. The Morgan fingerprint density at radius 1 is 1.00 bits per heavy atom. The van der Waals surface area contributed by atoms with E-state index in [1.54, 1.807) is 6.20 Å². The van der Waals surface area contributed by atoms with Gasteiger partial charge in [-0.2, -0.15) is 0 Å². The molecule has 0 radical (unpaired) electrons. The minimum absolute atomic E-state index is 0.221. The lowest BCUT2D eigenvalue weighted by molar-refractivity contribution is -0.0441. The number of aromatic hydroxyl groups is 1. The molecule has 1 atom stereocenters. The van der Waals surface area contributed by atoms with Crippen LogP contribution in [-0.2, 0) is 4.74 Å². The number of aromatic nitrogens is 1. The Hall–Kier alpha value is -2.63. The van der Waals surface area contributed by atoms with E-state index in [1.807, 2.05) is 48.5 Å². The van der Waals surface area contributed by atoms with Crippen LogP contribution >= 0.6 is 0 Å². The first-order valence-electron chi connectivity index (χ1n) is 10.5. The lowest BCUT2D eigenvalue weighted by atomic mass is 10.0. The molecule has 0 amide bonds. The molecule has 1 aromatic heterocycles. The number of nitrogens with zero attached hydrogens (tertiary/aromatic N) is 2. The van der Waals surface area contributed by atoms with Gasteiger partial charge in [-0.25, -0.2) is 0 Å². The summed E-state index contributed by atoms with van der Waals surface area (Å²) >= 11 is 0. The molecule has 0 spiro atoms. The van der Waals surface area contributed by atoms with Crippen molar-refractivity contribution in [1.82, 2.24) is 9.88 Å². The molecular weight excluding hydrogens is 364 g/mol. The zero-order valence-corrected chi connectivity index (χ0v) is 16.5. The number of pyridine rings is 1. The van der Waals surface area contributed by atoms with Gasteiger partial charge in [0, 0.05) is 36.8 Å². The van der Waals surface area contributed by atoms with E-state index in [-0.39, 0.29) is 11.9 Å². The smallest absolute Gasteiger partial charge is 0.149 e. The van der Waals surface area contributed by atoms with Gasteiger partial charge >= 0.3 is 0 Å². The maximum Gasteiger partial charge on any atom is 0.149 e. The van der Waals surface area contributed by atoms with Gasteiger partial charge in [0.1, 0.15) is 29.3 Å². The predicted molar refractivity (Wildman–Crippen MR) is 113 cm³/mol. The van der Waals surface area contributed by atoms with Gasteiger partial charge in [-0.15, -0.1) is 0 Å². The molecule has 5 nitrogen and oxygen atoms in total. The zero-order valence-electron chi connectivity index (χ0n) is 16.5. The number of hydrogen-bond donors (Lipinski definition) is 1. The molecule has 150 valence electrons. The second kappa shape index (κ2) is 8.01. The summed E-state index contributed by atoms with van der Waals surface area (Å²) in [6.45, 7) is 2.97. The topological polar surface area (TPSA) is 54.8 Å². The van der Waals surface area contributed by atoms with Crippen LogP contribution in [0.15, 0.2) is 54.7 Å². The van der Waals surface area contributed by atoms with Crippen LogP contribution < -0.4 is 4.74 Å². The Kier molecular flexibility index (Phi) is 5.08. The fraction of sp³-hybridized carbons (Fsp3) is 0.375. The van der Waals surface area contributed by atoms with Crippen LogP contribution in [0.3, 0.4) is 0 Å². The van der Waals surface area contributed by atoms with Crippen LogP contribution in [0.2, 0.25) is 0 Å². The van der Waals surface area contributed by atoms with Crippen molar-refractivity contribution in [1.29, 1.82) is 0 Å². The number of fused-ring (bicyclic) bond motifs is 1. The van der Waals surface area contributed by atoms with Gasteiger partial charge < -0.3 is 14.6 Å². The van der Waals surface area contributed by atoms with E-state index >= 15 is 0 Å². The number of hydrogen-bond acceptors (Lipinski definition) is 5. The number of ether oxygens (including phenoxy) is 2. The van der Waals surface area contributed by atoms with Gasteiger partial charge in [0.05, 0.1) is 0 Å². The zero-order chi connectivity index (χ0) is 19.6. The molecule has 0 saturated carbocycles. The highest BCUT2D eigenvalue weighted by molar-refractivity contribution is 5.91. The van der Waals surface area contributed by atoms with E-state index in [0.717, 1.165) is 61.2 Å². The third kappa shape index (κ3) is 3.80. The first-order valence-corrected chi connectivity index (χ1v) is 10.5. The molecule has 3 heterocycles. The molecule has 2 fully saturated rings. The summed E-state index contributed by atoms with van der Waals surface area (Å²) in [6.07, 6.45) is 6.65. The number of phenolic OH excluding ortho intramolecular Hbond substituents is 1. The quantitative estimate of drug-likeness (QED) is 0.706. The van der Waals surface area contributed by atoms with Gasteiger partial charge in [-0.05, 0) is 55.5 Å². The second-order valence-electron chi connectivity index (χ2n) is 7.88. The molecule has 0 bridgehead atoms. The highest BCUT2D eigenvalue weighted by atomic mass is 16.5. The molecule has 2 aliphatic heterocycles. The van der Waals surface area contributed by atoms with Gasteiger partial charge in [-0.1, -0.05) is 24.3 Å². The summed E-state index contributed by atoms with van der Waals surface area (Å²) < 4.78 is 12.0. The summed E-state index contributed by atoms with van der Waals surface area (Å²) in [5.74, 6) is 1.10. The highest BCUT2D eigenvalue weighted by Gasteiger charge is 2.28. The van der Waals surface area contributed by atoms with Crippen LogP contribution in [0.1, 0.15) is 25.7 Å². The average molecular weight is 390 g/mol. The van der Waals surface area contributed by atoms with E-state index in [1.165, 1.54) is 6.42 Å². The highest BCUT2D eigenvalue weighted by Crippen LogP contribution is 2.35. The fourth-order valence-corrected chi connectivity index (χ4v) is 4.40. The SMILES string of the molecule is Oc1c(-c2ccc(OC3CCN([C@H]4CCCO4)CC3)cc2)ccc2cccnc12. The van der Waals surface area contributed by atoms with Crippen molar-refractivity contribution in [2.75, 3.05) is 19.7 Å². The van der Waals surface area contributed by atoms with E-state index in [9.17, 15) is 5.11 Å². The number of rotatable bonds is 4. The van der Waals surface area contributed by atoms with Crippen LogP contribution in [0.25, 0.3) is 22.0 Å². The molecule has 2 aliphatic rings. The van der Waals surface area contributed by atoms with Crippen molar-refractivity contribution in [3.8, 4) is 22.6 Å². The molecule has 2 saturated heterocycles. The fourth-order valence-electron chi connectivity index (χ4n) is 4.40. The minimum atomic E-state index is 0.221. The lowest BCUT2D eigenvalue weighted by Gasteiger charge is -2.35. The summed E-state index contributed by atoms with van der Waals surface area (Å²) in [4.78, 5) is 6.76. The van der Waals surface area contributed by atoms with E-state index in [0.29, 0.717) is 11.7 Å². The molecule has 1 N–H and O–H groups in total. The van der Waals surface area contributed by atoms with Crippen LogP contribution in [0, 0.1) is 0 Å². The number of likely N-dealkylation sites (tertiary alicyclic amines) is 1. The van der Waals surface area contributed by atoms with Crippen molar-refractivity contribution in [2.24, 2.45) is 0 Å². The minimum Gasteiger partial charge on any atom is -0.505 e. The van der Waals surface area contributed by atoms with Gasteiger partial charge in [0.15, 0.2) is 0 Å². The Labute approximate surface area is 170 Å². The van der Waals surface area contributed by atoms with Crippen LogP contribution in [-0.4, -0.2) is 47.0 Å². The molecule has 5 heteroatoms. The Bertz CT molecular complexity index is 975. The Balaban J connectivity index is 1.25. The van der Waals surface area contributed by atoms with E-state index in [2.05, 4.69) is 9.88 Å². The first kappa shape index (κ1) is 18.4. The standard InChI is InChI=1S/C24H26N2O3/c27-24-21(10-7-18-3-1-13-25-23(18)24)17-5-8-19(9-6-17)29-20-11-14-26(15-12-20)22-4-2-16-28-22/h1,3,5-10,13,20,22,27H,2,4,11-12,14-16H2/t22-/m1/s1. The van der Waals surface area contributed by atoms with Gasteiger partial charge in [0.2, 0.25) is 0 Å². The summed E-state index contributed by atoms with van der Waals surface area (Å²) in [6, 6.07) is 15.7. The van der Waals surface area contributed by atoms with Gasteiger partial charge in [0.25, 0.3) is 0 Å². The average Bonchev–Trinajstić information content (AvgIpc) is 3.31. The molecule has 3 aromatic rings. The number of phenols is 1. The lowest BCUT2D eigenvalue weighted by Crippen LogP contribution is -2.43.